The number of nitrogens with zero attached hydrogens (tertiary/aromatic N) is 2. The first kappa shape index (κ1) is 20.4. The minimum atomic E-state index is -1.12. The predicted molar refractivity (Wildman–Crippen MR) is 112 cm³/mol. The lowest BCUT2D eigenvalue weighted by atomic mass is 10.0. The van der Waals surface area contributed by atoms with Gasteiger partial charge in [0.2, 0.25) is 0 Å². The van der Waals surface area contributed by atoms with E-state index in [-0.39, 0.29) is 6.54 Å². The molecule has 6 nitrogen and oxygen atoms in total. The minimum Gasteiger partial charge on any atom is -0.466 e. The standard InChI is InChI=1S/C22H32N4O2/c1-3-23-21(24-17-22(2,27)20-10-7-15-28-20)25-19-11-13-26(14-12-19)16-18-8-5-4-6-9-18/h4-10,15,19,27H,3,11-14,16-17H2,1-2H3,(H2,23,24,25). The lowest BCUT2D eigenvalue weighted by molar-refractivity contribution is 0.0436. The number of furan rings is 1. The van der Waals surface area contributed by atoms with E-state index in [1.807, 2.05) is 6.92 Å². The maximum atomic E-state index is 10.6. The van der Waals surface area contributed by atoms with Crippen LogP contribution in [-0.4, -0.2) is 48.2 Å². The van der Waals surface area contributed by atoms with Crippen LogP contribution in [0.25, 0.3) is 0 Å². The summed E-state index contributed by atoms with van der Waals surface area (Å²) in [5, 5.41) is 17.4. The zero-order valence-corrected chi connectivity index (χ0v) is 16.9. The number of hydrogen-bond donors (Lipinski definition) is 3. The van der Waals surface area contributed by atoms with Crippen LogP contribution in [0.4, 0.5) is 0 Å². The molecule has 1 aliphatic heterocycles. The van der Waals surface area contributed by atoms with Gasteiger partial charge in [-0.3, -0.25) is 4.90 Å². The molecule has 3 N–H and O–H groups in total. The second-order valence-electron chi connectivity index (χ2n) is 7.63. The minimum absolute atomic E-state index is 0.239. The Morgan fingerprint density at radius 2 is 1.96 bits per heavy atom. The van der Waals surface area contributed by atoms with Crippen LogP contribution in [0.2, 0.25) is 0 Å². The summed E-state index contributed by atoms with van der Waals surface area (Å²) in [5.41, 5.74) is 0.245. The lowest BCUT2D eigenvalue weighted by Gasteiger charge is -2.33. The van der Waals surface area contributed by atoms with Crippen LogP contribution >= 0.6 is 0 Å². The van der Waals surface area contributed by atoms with Gasteiger partial charge in [-0.2, -0.15) is 0 Å². The molecule has 1 aromatic carbocycles. The summed E-state index contributed by atoms with van der Waals surface area (Å²) in [4.78, 5) is 7.09. The first-order valence-electron chi connectivity index (χ1n) is 10.1. The number of nitrogens with one attached hydrogen (secondary N) is 2. The lowest BCUT2D eigenvalue weighted by Crippen LogP contribution is -2.48. The fourth-order valence-corrected chi connectivity index (χ4v) is 3.49. The van der Waals surface area contributed by atoms with Crippen molar-refractivity contribution in [3.63, 3.8) is 0 Å². The van der Waals surface area contributed by atoms with Crippen molar-refractivity contribution in [3.05, 3.63) is 60.1 Å². The molecule has 3 rings (SSSR count). The summed E-state index contributed by atoms with van der Waals surface area (Å²) in [6, 6.07) is 14.6. The number of hydrogen-bond acceptors (Lipinski definition) is 4. The Morgan fingerprint density at radius 1 is 1.21 bits per heavy atom. The molecule has 28 heavy (non-hydrogen) atoms. The van der Waals surface area contributed by atoms with Crippen LogP contribution in [0.1, 0.15) is 38.0 Å². The molecule has 0 spiro atoms. The van der Waals surface area contributed by atoms with E-state index in [2.05, 4.69) is 50.9 Å². The molecule has 0 aliphatic carbocycles. The molecule has 2 heterocycles. The molecule has 1 saturated heterocycles. The molecule has 152 valence electrons. The Kier molecular flexibility index (Phi) is 7.12. The first-order chi connectivity index (χ1) is 13.6. The smallest absolute Gasteiger partial charge is 0.191 e. The molecule has 0 amide bonds. The van der Waals surface area contributed by atoms with Crippen molar-refractivity contribution < 1.29 is 9.52 Å². The van der Waals surface area contributed by atoms with Crippen LogP contribution in [0.3, 0.4) is 0 Å². The van der Waals surface area contributed by atoms with Crippen LogP contribution in [0.15, 0.2) is 58.1 Å². The summed E-state index contributed by atoms with van der Waals surface area (Å²) in [6.07, 6.45) is 3.72. The van der Waals surface area contributed by atoms with Gasteiger partial charge in [-0.1, -0.05) is 30.3 Å². The molecule has 1 aromatic heterocycles. The van der Waals surface area contributed by atoms with E-state index in [1.165, 1.54) is 5.56 Å². The third-order valence-electron chi connectivity index (χ3n) is 5.12. The van der Waals surface area contributed by atoms with Gasteiger partial charge in [0.15, 0.2) is 5.96 Å². The summed E-state index contributed by atoms with van der Waals surface area (Å²) in [5.74, 6) is 1.28. The number of guanidine groups is 1. The Labute approximate surface area is 167 Å². The van der Waals surface area contributed by atoms with Crippen molar-refractivity contribution in [2.45, 2.75) is 44.9 Å². The van der Waals surface area contributed by atoms with Crippen LogP contribution < -0.4 is 10.6 Å². The number of rotatable bonds is 7. The average Bonchev–Trinajstić information content (AvgIpc) is 3.25. The van der Waals surface area contributed by atoms with Gasteiger partial charge in [0.1, 0.15) is 11.4 Å². The van der Waals surface area contributed by atoms with E-state index >= 15 is 0 Å². The van der Waals surface area contributed by atoms with Gasteiger partial charge in [0, 0.05) is 32.2 Å². The van der Waals surface area contributed by atoms with Gasteiger partial charge in [0.05, 0.1) is 12.8 Å². The highest BCUT2D eigenvalue weighted by molar-refractivity contribution is 5.80. The monoisotopic (exact) mass is 384 g/mol. The molecule has 1 fully saturated rings. The van der Waals surface area contributed by atoms with E-state index in [9.17, 15) is 5.11 Å². The maximum Gasteiger partial charge on any atom is 0.191 e. The maximum absolute atomic E-state index is 10.6. The number of benzene rings is 1. The largest absolute Gasteiger partial charge is 0.466 e. The van der Waals surface area contributed by atoms with Gasteiger partial charge in [-0.25, -0.2) is 4.99 Å². The number of aliphatic imine (C=N–C) groups is 1. The summed E-state index contributed by atoms with van der Waals surface area (Å²) >= 11 is 0. The predicted octanol–water partition coefficient (Wildman–Crippen LogP) is 2.71. The molecule has 0 bridgehead atoms. The molecule has 0 radical (unpaired) electrons. The summed E-state index contributed by atoms with van der Waals surface area (Å²) in [7, 11) is 0. The number of aliphatic hydroxyl groups is 1. The van der Waals surface area contributed by atoms with Crippen LogP contribution in [0, 0.1) is 0 Å². The average molecular weight is 385 g/mol. The van der Waals surface area contributed by atoms with Gasteiger partial charge >= 0.3 is 0 Å². The van der Waals surface area contributed by atoms with Crippen LogP contribution in [0.5, 0.6) is 0 Å². The Bertz CT molecular complexity index is 720. The zero-order valence-electron chi connectivity index (χ0n) is 16.9. The fraction of sp³-hybridized carbons (Fsp3) is 0.500. The normalized spacial score (nSPS) is 18.6. The SMILES string of the molecule is CCNC(=NCC(C)(O)c1ccco1)NC1CCN(Cc2ccccc2)CC1. The van der Waals surface area contributed by atoms with Crippen molar-refractivity contribution >= 4 is 5.96 Å². The zero-order chi connectivity index (χ0) is 19.8. The van der Waals surface area contributed by atoms with Crippen LogP contribution in [-0.2, 0) is 12.1 Å². The third kappa shape index (κ3) is 5.84. The summed E-state index contributed by atoms with van der Waals surface area (Å²) < 4.78 is 5.34. The van der Waals surface area contributed by atoms with Gasteiger partial charge in [0.25, 0.3) is 0 Å². The molecular formula is C22H32N4O2. The van der Waals surface area contributed by atoms with E-state index < -0.39 is 5.60 Å². The molecule has 1 aliphatic rings. The second-order valence-corrected chi connectivity index (χ2v) is 7.63. The highest BCUT2D eigenvalue weighted by Crippen LogP contribution is 2.21. The number of piperidine rings is 1. The molecule has 2 aromatic rings. The Morgan fingerprint density at radius 3 is 2.61 bits per heavy atom. The summed E-state index contributed by atoms with van der Waals surface area (Å²) in [6.45, 7) is 7.93. The molecular weight excluding hydrogens is 352 g/mol. The third-order valence-corrected chi connectivity index (χ3v) is 5.12. The van der Waals surface area contributed by atoms with E-state index in [4.69, 9.17) is 4.42 Å². The van der Waals surface area contributed by atoms with E-state index in [0.29, 0.717) is 11.8 Å². The highest BCUT2D eigenvalue weighted by atomic mass is 16.4. The molecule has 1 unspecified atom stereocenters. The fourth-order valence-electron chi connectivity index (χ4n) is 3.49. The van der Waals surface area contributed by atoms with Crippen molar-refractivity contribution in [1.82, 2.24) is 15.5 Å². The van der Waals surface area contributed by atoms with Gasteiger partial charge < -0.3 is 20.2 Å². The van der Waals surface area contributed by atoms with Gasteiger partial charge in [-0.15, -0.1) is 0 Å². The Hall–Kier alpha value is -2.31. The first-order valence-corrected chi connectivity index (χ1v) is 10.1. The van der Waals surface area contributed by atoms with Gasteiger partial charge in [-0.05, 0) is 44.4 Å². The van der Waals surface area contributed by atoms with Crippen molar-refractivity contribution in [2.24, 2.45) is 4.99 Å². The van der Waals surface area contributed by atoms with Crippen molar-refractivity contribution in [3.8, 4) is 0 Å². The quantitative estimate of drug-likeness (QED) is 0.506. The molecule has 6 heteroatoms. The topological polar surface area (TPSA) is 73.0 Å². The Balaban J connectivity index is 1.50. The highest BCUT2D eigenvalue weighted by Gasteiger charge is 2.26. The van der Waals surface area contributed by atoms with E-state index in [1.54, 1.807) is 25.3 Å². The molecule has 0 saturated carbocycles. The van der Waals surface area contributed by atoms with Crippen molar-refractivity contribution in [1.29, 1.82) is 0 Å². The second kappa shape index (κ2) is 9.75. The van der Waals surface area contributed by atoms with Crippen molar-refractivity contribution in [2.75, 3.05) is 26.2 Å². The number of likely N-dealkylation sites (tertiary alicyclic amines) is 1. The molecule has 1 atom stereocenters. The van der Waals surface area contributed by atoms with E-state index in [0.717, 1.165) is 45.0 Å².